The summed E-state index contributed by atoms with van der Waals surface area (Å²) in [6.45, 7) is 12.6. The van der Waals surface area contributed by atoms with E-state index in [2.05, 4.69) is 44.7 Å². The number of aromatic nitrogens is 1. The van der Waals surface area contributed by atoms with Gasteiger partial charge in [-0.05, 0) is 62.3 Å². The molecule has 172 valence electrons. The number of thiazole rings is 1. The van der Waals surface area contributed by atoms with E-state index in [-0.39, 0.29) is 5.91 Å². The summed E-state index contributed by atoms with van der Waals surface area (Å²) in [6, 6.07) is 13.7. The van der Waals surface area contributed by atoms with Gasteiger partial charge in [-0.1, -0.05) is 57.1 Å². The number of aryl methyl sites for hydroxylation is 1. The number of likely N-dealkylation sites (N-methyl/N-ethyl adjacent to an activating group) is 1. The van der Waals surface area contributed by atoms with Gasteiger partial charge in [-0.15, -0.1) is 0 Å². The van der Waals surface area contributed by atoms with E-state index >= 15 is 0 Å². The normalized spacial score (nSPS) is 11.3. The molecule has 0 atom stereocenters. The zero-order chi connectivity index (χ0) is 22.9. The number of para-hydroxylation sites is 1. The van der Waals surface area contributed by atoms with E-state index in [1.54, 1.807) is 11.3 Å². The number of anilines is 1. The van der Waals surface area contributed by atoms with E-state index in [0.29, 0.717) is 18.7 Å². The van der Waals surface area contributed by atoms with Crippen LogP contribution in [0.2, 0.25) is 0 Å². The van der Waals surface area contributed by atoms with Crippen molar-refractivity contribution < 1.29 is 9.53 Å². The first-order valence-corrected chi connectivity index (χ1v) is 12.5. The lowest BCUT2D eigenvalue weighted by molar-refractivity contribution is 0.0983. The number of fused-ring (bicyclic) bond motifs is 1. The number of ether oxygens (including phenoxy) is 1. The second-order valence-corrected chi connectivity index (χ2v) is 8.99. The number of amides is 1. The Kier molecular flexibility index (Phi) is 9.06. The molecular weight excluding hydrogens is 418 g/mol. The smallest absolute Gasteiger partial charge is 0.260 e. The first-order chi connectivity index (χ1) is 15.6. The molecule has 0 fully saturated rings. The Bertz CT molecular complexity index is 996. The molecule has 0 saturated heterocycles. The number of carbonyl (C=O) groups is 1. The van der Waals surface area contributed by atoms with E-state index in [0.717, 1.165) is 52.7 Å². The summed E-state index contributed by atoms with van der Waals surface area (Å²) in [5.41, 5.74) is 2.76. The van der Waals surface area contributed by atoms with Crippen molar-refractivity contribution in [3.63, 3.8) is 0 Å². The topological polar surface area (TPSA) is 45.7 Å². The van der Waals surface area contributed by atoms with E-state index in [9.17, 15) is 4.79 Å². The lowest BCUT2D eigenvalue weighted by Gasteiger charge is -2.24. The minimum Gasteiger partial charge on any atom is -0.494 e. The highest BCUT2D eigenvalue weighted by Crippen LogP contribution is 2.31. The molecular formula is C26H35N3O2S. The van der Waals surface area contributed by atoms with Gasteiger partial charge >= 0.3 is 0 Å². The van der Waals surface area contributed by atoms with Crippen molar-refractivity contribution in [2.75, 3.05) is 37.7 Å². The predicted octanol–water partition coefficient (Wildman–Crippen LogP) is 6.16. The Hall–Kier alpha value is -2.44. The van der Waals surface area contributed by atoms with Gasteiger partial charge in [0, 0.05) is 18.7 Å². The van der Waals surface area contributed by atoms with Gasteiger partial charge in [0.25, 0.3) is 5.91 Å². The second kappa shape index (κ2) is 12.0. The first-order valence-electron chi connectivity index (χ1n) is 11.7. The van der Waals surface area contributed by atoms with Crippen molar-refractivity contribution in [3.05, 3.63) is 53.6 Å². The largest absolute Gasteiger partial charge is 0.494 e. The monoisotopic (exact) mass is 453 g/mol. The summed E-state index contributed by atoms with van der Waals surface area (Å²) in [5, 5.41) is 0.756. The molecule has 6 heteroatoms. The summed E-state index contributed by atoms with van der Waals surface area (Å²) >= 11 is 1.58. The van der Waals surface area contributed by atoms with Crippen LogP contribution in [0.3, 0.4) is 0 Å². The number of hydrogen-bond donors (Lipinski definition) is 0. The SMILES string of the molecule is CCCCCOc1ccc(C(=O)N(CCN(CC)CC)c2nc3c(C)cccc3s2)cc1. The number of nitrogens with zero attached hydrogens (tertiary/aromatic N) is 3. The summed E-state index contributed by atoms with van der Waals surface area (Å²) in [7, 11) is 0. The molecule has 0 unspecified atom stereocenters. The van der Waals surface area contributed by atoms with Gasteiger partial charge in [0.05, 0.1) is 16.8 Å². The maximum absolute atomic E-state index is 13.5. The Balaban J connectivity index is 1.81. The van der Waals surface area contributed by atoms with Crippen LogP contribution < -0.4 is 9.64 Å². The summed E-state index contributed by atoms with van der Waals surface area (Å²) in [6.07, 6.45) is 3.39. The minimum atomic E-state index is -0.0219. The van der Waals surface area contributed by atoms with Gasteiger partial charge in [-0.25, -0.2) is 4.98 Å². The maximum Gasteiger partial charge on any atom is 0.260 e. The van der Waals surface area contributed by atoms with E-state index in [1.807, 2.05) is 35.2 Å². The van der Waals surface area contributed by atoms with Crippen LogP contribution in [-0.2, 0) is 0 Å². The molecule has 0 bridgehead atoms. The van der Waals surface area contributed by atoms with Crippen molar-refractivity contribution in [1.29, 1.82) is 0 Å². The van der Waals surface area contributed by atoms with Crippen LogP contribution in [0.5, 0.6) is 5.75 Å². The number of carbonyl (C=O) groups excluding carboxylic acids is 1. The summed E-state index contributed by atoms with van der Waals surface area (Å²) in [5.74, 6) is 0.786. The fourth-order valence-corrected chi connectivity index (χ4v) is 4.71. The number of hydrogen-bond acceptors (Lipinski definition) is 5. The second-order valence-electron chi connectivity index (χ2n) is 7.98. The van der Waals surface area contributed by atoms with Gasteiger partial charge in [0.15, 0.2) is 5.13 Å². The van der Waals surface area contributed by atoms with E-state index in [1.165, 1.54) is 12.8 Å². The van der Waals surface area contributed by atoms with Crippen LogP contribution >= 0.6 is 11.3 Å². The zero-order valence-electron chi connectivity index (χ0n) is 19.8. The number of rotatable bonds is 12. The van der Waals surface area contributed by atoms with Crippen molar-refractivity contribution in [3.8, 4) is 5.75 Å². The molecule has 0 spiro atoms. The number of unbranched alkanes of at least 4 members (excludes halogenated alkanes) is 2. The molecule has 1 heterocycles. The van der Waals surface area contributed by atoms with E-state index in [4.69, 9.17) is 9.72 Å². The molecule has 0 aliphatic rings. The molecule has 0 saturated carbocycles. The van der Waals surface area contributed by atoms with E-state index < -0.39 is 0 Å². The predicted molar refractivity (Wildman–Crippen MR) is 135 cm³/mol. The molecule has 32 heavy (non-hydrogen) atoms. The van der Waals surface area contributed by atoms with Gasteiger partial charge in [0.1, 0.15) is 5.75 Å². The van der Waals surface area contributed by atoms with Crippen LogP contribution in [0.4, 0.5) is 5.13 Å². The van der Waals surface area contributed by atoms with Crippen LogP contribution in [0.25, 0.3) is 10.2 Å². The van der Waals surface area contributed by atoms with Crippen LogP contribution in [-0.4, -0.2) is 48.6 Å². The average Bonchev–Trinajstić information content (AvgIpc) is 3.25. The summed E-state index contributed by atoms with van der Waals surface area (Å²) < 4.78 is 6.92. The quantitative estimate of drug-likeness (QED) is 0.308. The third kappa shape index (κ3) is 6.08. The van der Waals surface area contributed by atoms with Crippen molar-refractivity contribution in [2.45, 2.75) is 47.0 Å². The fraction of sp³-hybridized carbons (Fsp3) is 0.462. The van der Waals surface area contributed by atoms with Crippen molar-refractivity contribution >= 4 is 32.6 Å². The van der Waals surface area contributed by atoms with Gasteiger partial charge in [0.2, 0.25) is 0 Å². The third-order valence-electron chi connectivity index (χ3n) is 5.74. The van der Waals surface area contributed by atoms with Gasteiger partial charge in [-0.3, -0.25) is 9.69 Å². The highest BCUT2D eigenvalue weighted by molar-refractivity contribution is 7.22. The molecule has 0 radical (unpaired) electrons. The molecule has 0 N–H and O–H groups in total. The highest BCUT2D eigenvalue weighted by Gasteiger charge is 2.22. The molecule has 0 aliphatic heterocycles. The fourth-order valence-electron chi connectivity index (χ4n) is 3.65. The van der Waals surface area contributed by atoms with Crippen molar-refractivity contribution in [1.82, 2.24) is 9.88 Å². The van der Waals surface area contributed by atoms with Gasteiger partial charge < -0.3 is 9.64 Å². The standard InChI is InChI=1S/C26H35N3O2S/c1-5-8-9-19-31-22-15-13-21(14-16-22)25(30)29(18-17-28(6-2)7-3)26-27-24-20(4)11-10-12-23(24)32-26/h10-16H,5-9,17-19H2,1-4H3. The lowest BCUT2D eigenvalue weighted by atomic mass is 10.2. The molecule has 3 aromatic rings. The zero-order valence-corrected chi connectivity index (χ0v) is 20.6. The molecule has 1 amide bonds. The minimum absolute atomic E-state index is 0.0219. The van der Waals surface area contributed by atoms with Crippen molar-refractivity contribution in [2.24, 2.45) is 0 Å². The summed E-state index contributed by atoms with van der Waals surface area (Å²) in [4.78, 5) is 22.5. The molecule has 1 aromatic heterocycles. The molecule has 3 rings (SSSR count). The lowest BCUT2D eigenvalue weighted by Crippen LogP contribution is -2.38. The highest BCUT2D eigenvalue weighted by atomic mass is 32.1. The Morgan fingerprint density at radius 3 is 2.41 bits per heavy atom. The Morgan fingerprint density at radius 1 is 1.00 bits per heavy atom. The third-order valence-corrected chi connectivity index (χ3v) is 6.78. The Labute approximate surface area is 196 Å². The number of benzene rings is 2. The van der Waals surface area contributed by atoms with Crippen LogP contribution in [0, 0.1) is 6.92 Å². The Morgan fingerprint density at radius 2 is 1.75 bits per heavy atom. The van der Waals surface area contributed by atoms with Crippen LogP contribution in [0.1, 0.15) is 56.0 Å². The molecule has 2 aromatic carbocycles. The first kappa shape index (κ1) is 24.2. The van der Waals surface area contributed by atoms with Crippen LogP contribution in [0.15, 0.2) is 42.5 Å². The molecule has 0 aliphatic carbocycles. The van der Waals surface area contributed by atoms with Gasteiger partial charge in [-0.2, -0.15) is 0 Å². The molecule has 5 nitrogen and oxygen atoms in total. The maximum atomic E-state index is 13.5. The average molecular weight is 454 g/mol.